The number of carbonyl (C=O) groups is 1. The van der Waals surface area contributed by atoms with Crippen LogP contribution in [0.3, 0.4) is 0 Å². The summed E-state index contributed by atoms with van der Waals surface area (Å²) >= 11 is 3.36. The monoisotopic (exact) mass is 373 g/mol. The number of hydrogen-bond acceptors (Lipinski definition) is 4. The van der Waals surface area contributed by atoms with Crippen LogP contribution in [0.25, 0.3) is 0 Å². The van der Waals surface area contributed by atoms with Crippen molar-refractivity contribution in [3.8, 4) is 0 Å². The first-order valence-electron chi connectivity index (χ1n) is 6.16. The lowest BCUT2D eigenvalue weighted by molar-refractivity contribution is -0.126. The van der Waals surface area contributed by atoms with Crippen molar-refractivity contribution in [3.05, 3.63) is 47.0 Å². The maximum Gasteiger partial charge on any atom is 0.244 e. The molecule has 0 aliphatic heterocycles. The molecule has 1 aromatic heterocycles. The summed E-state index contributed by atoms with van der Waals surface area (Å²) in [5, 5.41) is 6.77. The number of nitrogens with zero attached hydrogens (tertiary/aromatic N) is 3. The van der Waals surface area contributed by atoms with Crippen molar-refractivity contribution in [3.63, 3.8) is 0 Å². The first-order chi connectivity index (χ1) is 9.50. The third-order valence-corrected chi connectivity index (χ3v) is 3.54. The predicted octanol–water partition coefficient (Wildman–Crippen LogP) is 1.45. The molecular formula is C13H17BrClN5O. The van der Waals surface area contributed by atoms with Gasteiger partial charge in [0, 0.05) is 11.0 Å². The smallest absolute Gasteiger partial charge is 0.244 e. The molecule has 1 amide bonds. The van der Waals surface area contributed by atoms with Gasteiger partial charge in [0.2, 0.25) is 5.91 Å². The maximum absolute atomic E-state index is 12.2. The van der Waals surface area contributed by atoms with Crippen LogP contribution in [0.4, 0.5) is 0 Å². The van der Waals surface area contributed by atoms with Crippen LogP contribution < -0.4 is 11.1 Å². The Hall–Kier alpha value is -1.44. The van der Waals surface area contributed by atoms with Crippen molar-refractivity contribution >= 4 is 34.2 Å². The van der Waals surface area contributed by atoms with Gasteiger partial charge in [-0.1, -0.05) is 28.1 Å². The van der Waals surface area contributed by atoms with Gasteiger partial charge in [0.1, 0.15) is 18.2 Å². The molecule has 3 N–H and O–H groups in total. The summed E-state index contributed by atoms with van der Waals surface area (Å²) in [6.07, 6.45) is 3.05. The number of aromatic nitrogens is 3. The number of benzene rings is 1. The minimum Gasteiger partial charge on any atom is -0.352 e. The Kier molecular flexibility index (Phi) is 6.32. The van der Waals surface area contributed by atoms with E-state index in [0.717, 1.165) is 10.0 Å². The lowest BCUT2D eigenvalue weighted by atomic mass is 9.92. The number of halogens is 2. The number of nitrogens with two attached hydrogens (primary N) is 1. The van der Waals surface area contributed by atoms with Crippen molar-refractivity contribution in [1.82, 2.24) is 20.1 Å². The number of rotatable bonds is 5. The standard InChI is InChI=1S/C13H16BrN5O.ClH/c1-13(15,10-2-4-11(14)5-3-10)12(20)17-6-7-19-9-16-8-18-19;/h2-5,8-9H,6-7,15H2,1H3,(H,17,20);1H. The van der Waals surface area contributed by atoms with Crippen molar-refractivity contribution < 1.29 is 4.79 Å². The number of carbonyl (C=O) groups excluding carboxylic acids is 1. The van der Waals surface area contributed by atoms with Crippen molar-refractivity contribution in [1.29, 1.82) is 0 Å². The van der Waals surface area contributed by atoms with Gasteiger partial charge in [0.25, 0.3) is 0 Å². The SMILES string of the molecule is CC(N)(C(=O)NCCn1cncn1)c1ccc(Br)cc1.Cl. The van der Waals surface area contributed by atoms with Gasteiger partial charge in [-0.3, -0.25) is 9.48 Å². The molecule has 2 aromatic rings. The van der Waals surface area contributed by atoms with Crippen LogP contribution in [0.15, 0.2) is 41.4 Å². The van der Waals surface area contributed by atoms with E-state index in [1.165, 1.54) is 6.33 Å². The second kappa shape index (κ2) is 7.53. The first-order valence-corrected chi connectivity index (χ1v) is 6.95. The van der Waals surface area contributed by atoms with Crippen LogP contribution >= 0.6 is 28.3 Å². The van der Waals surface area contributed by atoms with E-state index in [0.29, 0.717) is 13.1 Å². The Morgan fingerprint density at radius 2 is 2.10 bits per heavy atom. The molecule has 21 heavy (non-hydrogen) atoms. The van der Waals surface area contributed by atoms with Crippen molar-refractivity contribution in [2.75, 3.05) is 6.54 Å². The summed E-state index contributed by atoms with van der Waals surface area (Å²) in [7, 11) is 0. The van der Waals surface area contributed by atoms with E-state index in [-0.39, 0.29) is 18.3 Å². The highest BCUT2D eigenvalue weighted by Crippen LogP contribution is 2.20. The second-order valence-electron chi connectivity index (χ2n) is 4.62. The fraction of sp³-hybridized carbons (Fsp3) is 0.308. The van der Waals surface area contributed by atoms with Crippen molar-refractivity contribution in [2.24, 2.45) is 5.73 Å². The number of amides is 1. The predicted molar refractivity (Wildman–Crippen MR) is 86.0 cm³/mol. The second-order valence-corrected chi connectivity index (χ2v) is 5.54. The molecule has 0 bridgehead atoms. The summed E-state index contributed by atoms with van der Waals surface area (Å²) < 4.78 is 2.59. The zero-order chi connectivity index (χ0) is 14.6. The summed E-state index contributed by atoms with van der Waals surface area (Å²) in [5.74, 6) is -0.222. The average Bonchev–Trinajstić information content (AvgIpc) is 2.92. The van der Waals surface area contributed by atoms with E-state index in [4.69, 9.17) is 5.73 Å². The van der Waals surface area contributed by atoms with Gasteiger partial charge in [-0.15, -0.1) is 12.4 Å². The molecule has 0 saturated carbocycles. The number of nitrogens with one attached hydrogen (secondary N) is 1. The summed E-state index contributed by atoms with van der Waals surface area (Å²) in [6, 6.07) is 7.40. The van der Waals surface area contributed by atoms with Crippen LogP contribution in [-0.4, -0.2) is 27.2 Å². The molecule has 0 spiro atoms. The normalized spacial score (nSPS) is 13.1. The topological polar surface area (TPSA) is 85.8 Å². The van der Waals surface area contributed by atoms with Crippen LogP contribution in [0.1, 0.15) is 12.5 Å². The third-order valence-electron chi connectivity index (χ3n) is 3.01. The lowest BCUT2D eigenvalue weighted by Gasteiger charge is -2.24. The Morgan fingerprint density at radius 3 is 2.67 bits per heavy atom. The molecule has 8 heteroatoms. The van der Waals surface area contributed by atoms with E-state index < -0.39 is 5.54 Å². The minimum atomic E-state index is -1.07. The number of hydrogen-bond donors (Lipinski definition) is 2. The van der Waals surface area contributed by atoms with E-state index in [2.05, 4.69) is 31.3 Å². The van der Waals surface area contributed by atoms with E-state index in [9.17, 15) is 4.79 Å². The highest BCUT2D eigenvalue weighted by atomic mass is 79.9. The lowest BCUT2D eigenvalue weighted by Crippen LogP contribution is -2.49. The van der Waals surface area contributed by atoms with E-state index in [1.807, 2.05) is 24.3 Å². The molecule has 1 atom stereocenters. The molecule has 1 heterocycles. The molecule has 0 fully saturated rings. The Labute approximate surface area is 137 Å². The summed E-state index contributed by atoms with van der Waals surface area (Å²) in [4.78, 5) is 16.0. The van der Waals surface area contributed by atoms with Crippen LogP contribution in [0.5, 0.6) is 0 Å². The van der Waals surface area contributed by atoms with Gasteiger partial charge in [-0.05, 0) is 24.6 Å². The largest absolute Gasteiger partial charge is 0.352 e. The molecular weight excluding hydrogens is 358 g/mol. The van der Waals surface area contributed by atoms with E-state index >= 15 is 0 Å². The Morgan fingerprint density at radius 1 is 1.43 bits per heavy atom. The van der Waals surface area contributed by atoms with Gasteiger partial charge in [0.15, 0.2) is 0 Å². The van der Waals surface area contributed by atoms with Gasteiger partial charge < -0.3 is 11.1 Å². The molecule has 6 nitrogen and oxygen atoms in total. The molecule has 1 aromatic carbocycles. The van der Waals surface area contributed by atoms with Gasteiger partial charge in [-0.25, -0.2) is 4.98 Å². The van der Waals surface area contributed by atoms with Crippen molar-refractivity contribution in [2.45, 2.75) is 19.0 Å². The van der Waals surface area contributed by atoms with Gasteiger partial charge in [0.05, 0.1) is 6.54 Å². The van der Waals surface area contributed by atoms with Crippen LogP contribution in [0.2, 0.25) is 0 Å². The maximum atomic E-state index is 12.2. The molecule has 0 aliphatic rings. The van der Waals surface area contributed by atoms with Gasteiger partial charge >= 0.3 is 0 Å². The first kappa shape index (κ1) is 17.6. The minimum absolute atomic E-state index is 0. The third kappa shape index (κ3) is 4.52. The highest BCUT2D eigenvalue weighted by Gasteiger charge is 2.30. The zero-order valence-corrected chi connectivity index (χ0v) is 13.9. The molecule has 0 saturated heterocycles. The average molecular weight is 375 g/mol. The molecule has 0 radical (unpaired) electrons. The molecule has 2 rings (SSSR count). The van der Waals surface area contributed by atoms with Gasteiger partial charge in [-0.2, -0.15) is 5.10 Å². The molecule has 114 valence electrons. The molecule has 1 unspecified atom stereocenters. The summed E-state index contributed by atoms with van der Waals surface area (Å²) in [6.45, 7) is 2.70. The van der Waals surface area contributed by atoms with E-state index in [1.54, 1.807) is 17.9 Å². The zero-order valence-electron chi connectivity index (χ0n) is 11.5. The Bertz CT molecular complexity index is 571. The fourth-order valence-corrected chi connectivity index (χ4v) is 2.01. The highest BCUT2D eigenvalue weighted by molar-refractivity contribution is 9.10. The molecule has 0 aliphatic carbocycles. The summed E-state index contributed by atoms with van der Waals surface area (Å²) in [5.41, 5.74) is 5.83. The Balaban J connectivity index is 0.00000220. The van der Waals surface area contributed by atoms with Crippen LogP contribution in [-0.2, 0) is 16.9 Å². The quantitative estimate of drug-likeness (QED) is 0.829. The van der Waals surface area contributed by atoms with Crippen LogP contribution in [0, 0.1) is 0 Å². The fourth-order valence-electron chi connectivity index (χ4n) is 1.74.